The summed E-state index contributed by atoms with van der Waals surface area (Å²) in [6.45, 7) is 6.91. The third-order valence-electron chi connectivity index (χ3n) is 4.39. The Morgan fingerprint density at radius 3 is 2.65 bits per heavy atom. The van der Waals surface area contributed by atoms with Gasteiger partial charge in [0.1, 0.15) is 0 Å². The van der Waals surface area contributed by atoms with Crippen molar-refractivity contribution in [3.8, 4) is 5.69 Å². The maximum atomic E-state index is 12.4. The first-order chi connectivity index (χ1) is 12.5. The highest BCUT2D eigenvalue weighted by Gasteiger charge is 2.17. The quantitative estimate of drug-likeness (QED) is 0.670. The molecule has 0 bridgehead atoms. The topological polar surface area (TPSA) is 64.7 Å². The zero-order valence-corrected chi connectivity index (χ0v) is 16.7. The summed E-state index contributed by atoms with van der Waals surface area (Å²) in [4.78, 5) is 12.4. The maximum absolute atomic E-state index is 12.4. The Morgan fingerprint density at radius 1 is 1.27 bits per heavy atom. The minimum absolute atomic E-state index is 0.00267. The van der Waals surface area contributed by atoms with Gasteiger partial charge in [-0.05, 0) is 41.9 Å². The van der Waals surface area contributed by atoms with E-state index in [0.29, 0.717) is 13.1 Å². The van der Waals surface area contributed by atoms with E-state index in [4.69, 9.17) is 0 Å². The summed E-state index contributed by atoms with van der Waals surface area (Å²) in [5.74, 6) is -0.172. The van der Waals surface area contributed by atoms with Crippen LogP contribution in [0, 0.1) is 19.8 Å². The van der Waals surface area contributed by atoms with Crippen LogP contribution in [0.3, 0.4) is 0 Å². The van der Waals surface area contributed by atoms with Gasteiger partial charge in [0.05, 0.1) is 34.5 Å². The summed E-state index contributed by atoms with van der Waals surface area (Å²) in [5, 5.41) is 11.8. The minimum atomic E-state index is -0.174. The van der Waals surface area contributed by atoms with E-state index in [1.54, 1.807) is 10.9 Å². The van der Waals surface area contributed by atoms with Crippen molar-refractivity contribution < 1.29 is 4.79 Å². The molecular formula is C19H22BrN5O. The molecule has 1 atom stereocenters. The Bertz CT molecular complexity index is 900. The van der Waals surface area contributed by atoms with Gasteiger partial charge >= 0.3 is 0 Å². The number of nitrogens with zero attached hydrogens (tertiary/aromatic N) is 4. The monoisotopic (exact) mass is 415 g/mol. The van der Waals surface area contributed by atoms with Crippen molar-refractivity contribution in [1.29, 1.82) is 0 Å². The van der Waals surface area contributed by atoms with Crippen molar-refractivity contribution in [2.75, 3.05) is 0 Å². The SMILES string of the molecule is Cc1nn(-c2ccccc2)c(C)c1CNC(=O)C(C)Cn1cc(Br)cn1. The smallest absolute Gasteiger partial charge is 0.224 e. The third kappa shape index (κ3) is 4.04. The van der Waals surface area contributed by atoms with Crippen LogP contribution in [0.15, 0.2) is 47.2 Å². The van der Waals surface area contributed by atoms with Gasteiger partial charge in [-0.25, -0.2) is 4.68 Å². The molecule has 1 aromatic carbocycles. The van der Waals surface area contributed by atoms with Crippen LogP contribution in [0.5, 0.6) is 0 Å². The Kier molecular flexibility index (Phi) is 5.56. The van der Waals surface area contributed by atoms with Crippen LogP contribution in [-0.4, -0.2) is 25.5 Å². The number of hydrogen-bond donors (Lipinski definition) is 1. The van der Waals surface area contributed by atoms with E-state index in [2.05, 4.69) is 31.4 Å². The van der Waals surface area contributed by atoms with Crippen molar-refractivity contribution in [3.63, 3.8) is 0 Å². The molecule has 1 unspecified atom stereocenters. The summed E-state index contributed by atoms with van der Waals surface area (Å²) in [5.41, 5.74) is 4.03. The van der Waals surface area contributed by atoms with Crippen LogP contribution in [0.2, 0.25) is 0 Å². The lowest BCUT2D eigenvalue weighted by Crippen LogP contribution is -2.31. The van der Waals surface area contributed by atoms with E-state index in [0.717, 1.165) is 27.1 Å². The highest BCUT2D eigenvalue weighted by atomic mass is 79.9. The van der Waals surface area contributed by atoms with Gasteiger partial charge < -0.3 is 5.32 Å². The Balaban J connectivity index is 1.66. The third-order valence-corrected chi connectivity index (χ3v) is 4.80. The molecule has 1 N–H and O–H groups in total. The molecule has 0 spiro atoms. The zero-order valence-electron chi connectivity index (χ0n) is 15.1. The van der Waals surface area contributed by atoms with Gasteiger partial charge in [-0.15, -0.1) is 0 Å². The summed E-state index contributed by atoms with van der Waals surface area (Å²) in [6, 6.07) is 10.00. The fourth-order valence-corrected chi connectivity index (χ4v) is 3.23. The molecule has 26 heavy (non-hydrogen) atoms. The van der Waals surface area contributed by atoms with Gasteiger partial charge in [0.25, 0.3) is 0 Å². The molecule has 0 aliphatic heterocycles. The lowest BCUT2D eigenvalue weighted by atomic mass is 10.1. The number of amides is 1. The van der Waals surface area contributed by atoms with Gasteiger partial charge in [-0.1, -0.05) is 25.1 Å². The van der Waals surface area contributed by atoms with Crippen LogP contribution >= 0.6 is 15.9 Å². The van der Waals surface area contributed by atoms with E-state index >= 15 is 0 Å². The number of rotatable bonds is 6. The molecule has 0 aliphatic carbocycles. The number of carbonyl (C=O) groups excluding carboxylic acids is 1. The molecule has 136 valence electrons. The molecule has 3 rings (SSSR count). The number of nitrogens with one attached hydrogen (secondary N) is 1. The summed E-state index contributed by atoms with van der Waals surface area (Å²) in [7, 11) is 0. The lowest BCUT2D eigenvalue weighted by molar-refractivity contribution is -0.125. The molecular weight excluding hydrogens is 394 g/mol. The molecule has 0 fully saturated rings. The van der Waals surface area contributed by atoms with Gasteiger partial charge in [-0.2, -0.15) is 10.2 Å². The number of aryl methyl sites for hydroxylation is 1. The van der Waals surface area contributed by atoms with E-state index in [1.165, 1.54) is 0 Å². The summed E-state index contributed by atoms with van der Waals surface area (Å²) < 4.78 is 4.59. The molecule has 0 radical (unpaired) electrons. The average Bonchev–Trinajstić information content (AvgIpc) is 3.16. The van der Waals surface area contributed by atoms with Crippen molar-refractivity contribution in [2.45, 2.75) is 33.9 Å². The predicted octanol–water partition coefficient (Wildman–Crippen LogP) is 3.40. The van der Waals surface area contributed by atoms with Crippen LogP contribution in [0.25, 0.3) is 5.69 Å². The van der Waals surface area contributed by atoms with E-state index in [-0.39, 0.29) is 11.8 Å². The highest BCUT2D eigenvalue weighted by Crippen LogP contribution is 2.18. The van der Waals surface area contributed by atoms with Crippen LogP contribution < -0.4 is 5.32 Å². The molecule has 0 saturated carbocycles. The second-order valence-corrected chi connectivity index (χ2v) is 7.31. The Hall–Kier alpha value is -2.41. The first kappa shape index (κ1) is 18.4. The standard InChI is InChI=1S/C19H22BrN5O/c1-13(11-24-12-16(20)9-22-24)19(26)21-10-18-14(2)23-25(15(18)3)17-7-5-4-6-8-17/h4-9,12-13H,10-11H2,1-3H3,(H,21,26). The molecule has 7 heteroatoms. The molecule has 0 saturated heterocycles. The van der Waals surface area contributed by atoms with Gasteiger partial charge in [0.2, 0.25) is 5.91 Å². The Morgan fingerprint density at radius 2 is 2.00 bits per heavy atom. The van der Waals surface area contributed by atoms with E-state index in [1.807, 2.05) is 62.0 Å². The first-order valence-corrected chi connectivity index (χ1v) is 9.31. The maximum Gasteiger partial charge on any atom is 0.224 e. The minimum Gasteiger partial charge on any atom is -0.352 e. The number of aromatic nitrogens is 4. The number of carbonyl (C=O) groups is 1. The fraction of sp³-hybridized carbons (Fsp3) is 0.316. The highest BCUT2D eigenvalue weighted by molar-refractivity contribution is 9.10. The van der Waals surface area contributed by atoms with Gasteiger partial charge in [-0.3, -0.25) is 9.48 Å². The second kappa shape index (κ2) is 7.86. The zero-order chi connectivity index (χ0) is 18.7. The summed E-state index contributed by atoms with van der Waals surface area (Å²) >= 11 is 3.36. The molecule has 0 aliphatic rings. The normalized spacial score (nSPS) is 12.2. The number of para-hydroxylation sites is 1. The van der Waals surface area contributed by atoms with Gasteiger partial charge in [0, 0.05) is 24.0 Å². The van der Waals surface area contributed by atoms with Crippen molar-refractivity contribution >= 4 is 21.8 Å². The molecule has 2 aromatic heterocycles. The fourth-order valence-electron chi connectivity index (χ4n) is 2.90. The number of halogens is 1. The van der Waals surface area contributed by atoms with Crippen LogP contribution in [0.1, 0.15) is 23.9 Å². The molecule has 2 heterocycles. The van der Waals surface area contributed by atoms with E-state index < -0.39 is 0 Å². The van der Waals surface area contributed by atoms with Crippen LogP contribution in [-0.2, 0) is 17.9 Å². The Labute approximate surface area is 161 Å². The van der Waals surface area contributed by atoms with Crippen molar-refractivity contribution in [3.05, 3.63) is 64.1 Å². The number of benzene rings is 1. The predicted molar refractivity (Wildman–Crippen MR) is 104 cm³/mol. The molecule has 6 nitrogen and oxygen atoms in total. The first-order valence-electron chi connectivity index (χ1n) is 8.52. The average molecular weight is 416 g/mol. The van der Waals surface area contributed by atoms with E-state index in [9.17, 15) is 4.79 Å². The molecule has 3 aromatic rings. The summed E-state index contributed by atoms with van der Waals surface area (Å²) in [6.07, 6.45) is 3.58. The molecule has 1 amide bonds. The van der Waals surface area contributed by atoms with Gasteiger partial charge in [0.15, 0.2) is 0 Å². The largest absolute Gasteiger partial charge is 0.352 e. The van der Waals surface area contributed by atoms with Crippen molar-refractivity contribution in [1.82, 2.24) is 24.9 Å². The second-order valence-electron chi connectivity index (χ2n) is 6.40. The lowest BCUT2D eigenvalue weighted by Gasteiger charge is -2.12. The number of hydrogen-bond acceptors (Lipinski definition) is 3. The van der Waals surface area contributed by atoms with Crippen molar-refractivity contribution in [2.24, 2.45) is 5.92 Å². The van der Waals surface area contributed by atoms with Crippen LogP contribution in [0.4, 0.5) is 0 Å².